The lowest BCUT2D eigenvalue weighted by Crippen LogP contribution is -2.33. The molecule has 5 heteroatoms. The van der Waals surface area contributed by atoms with Gasteiger partial charge in [-0.1, -0.05) is 12.1 Å². The van der Waals surface area contributed by atoms with Crippen molar-refractivity contribution in [1.29, 1.82) is 0 Å². The molecule has 1 amide bonds. The Morgan fingerprint density at radius 3 is 2.90 bits per heavy atom. The molecule has 1 N–H and O–H groups in total. The van der Waals surface area contributed by atoms with Gasteiger partial charge < -0.3 is 14.7 Å². The van der Waals surface area contributed by atoms with Gasteiger partial charge >= 0.3 is 5.97 Å². The molecule has 1 aromatic carbocycles. The molecule has 1 spiro atoms. The first kappa shape index (κ1) is 14.1. The van der Waals surface area contributed by atoms with Crippen LogP contribution in [0.2, 0.25) is 0 Å². The fourth-order valence-corrected chi connectivity index (χ4v) is 3.22. The number of carbonyl (C=O) groups is 2. The number of carbonyl (C=O) groups excluding carboxylic acids is 1. The van der Waals surface area contributed by atoms with E-state index in [-0.39, 0.29) is 23.3 Å². The summed E-state index contributed by atoms with van der Waals surface area (Å²) < 4.78 is 5.47. The number of benzene rings is 1. The van der Waals surface area contributed by atoms with E-state index in [1.165, 1.54) is 6.07 Å². The largest absolute Gasteiger partial charge is 0.478 e. The number of likely N-dealkylation sites (tertiary alicyclic amines) is 1. The summed E-state index contributed by atoms with van der Waals surface area (Å²) in [6.45, 7) is 3.10. The zero-order valence-electron chi connectivity index (χ0n) is 11.9. The maximum atomic E-state index is 12.4. The molecule has 1 atom stereocenters. The predicted molar refractivity (Wildman–Crippen MR) is 76.2 cm³/mol. The van der Waals surface area contributed by atoms with Gasteiger partial charge in [0.25, 0.3) is 0 Å². The van der Waals surface area contributed by atoms with Gasteiger partial charge in [0.2, 0.25) is 5.91 Å². The van der Waals surface area contributed by atoms with E-state index in [2.05, 4.69) is 0 Å². The number of aromatic carboxylic acids is 1. The van der Waals surface area contributed by atoms with Crippen molar-refractivity contribution in [3.05, 3.63) is 35.4 Å². The summed E-state index contributed by atoms with van der Waals surface area (Å²) in [5, 5.41) is 8.99. The molecule has 1 aromatic rings. The molecule has 0 saturated carbocycles. The van der Waals surface area contributed by atoms with Crippen molar-refractivity contribution in [3.8, 4) is 0 Å². The molecule has 0 bridgehead atoms. The second-order valence-electron chi connectivity index (χ2n) is 6.05. The molecule has 2 aliphatic heterocycles. The molecular weight excluding hydrogens is 270 g/mol. The Labute approximate surface area is 123 Å². The molecule has 2 heterocycles. The summed E-state index contributed by atoms with van der Waals surface area (Å²) >= 11 is 0. The van der Waals surface area contributed by atoms with E-state index in [0.717, 1.165) is 44.7 Å². The molecule has 0 aromatic heterocycles. The minimum Gasteiger partial charge on any atom is -0.478 e. The predicted octanol–water partition coefficient (Wildman–Crippen LogP) is 1.57. The van der Waals surface area contributed by atoms with Crippen molar-refractivity contribution in [3.63, 3.8) is 0 Å². The first-order valence-electron chi connectivity index (χ1n) is 7.26. The van der Waals surface area contributed by atoms with Crippen LogP contribution in [0.15, 0.2) is 24.3 Å². The maximum Gasteiger partial charge on any atom is 0.335 e. The number of carboxylic acids is 1. The van der Waals surface area contributed by atoms with Crippen LogP contribution in [0, 0.1) is 5.41 Å². The number of rotatable bonds is 3. The number of amides is 1. The molecule has 1 unspecified atom stereocenters. The van der Waals surface area contributed by atoms with Gasteiger partial charge in [-0.25, -0.2) is 4.79 Å². The molecule has 21 heavy (non-hydrogen) atoms. The van der Waals surface area contributed by atoms with Crippen LogP contribution in [-0.4, -0.2) is 48.2 Å². The van der Waals surface area contributed by atoms with Gasteiger partial charge in [-0.15, -0.1) is 0 Å². The van der Waals surface area contributed by atoms with Crippen LogP contribution in [0.1, 0.15) is 28.8 Å². The van der Waals surface area contributed by atoms with E-state index in [9.17, 15) is 9.59 Å². The van der Waals surface area contributed by atoms with E-state index in [1.807, 2.05) is 4.90 Å². The lowest BCUT2D eigenvalue weighted by Gasteiger charge is -2.22. The lowest BCUT2D eigenvalue weighted by molar-refractivity contribution is -0.129. The Bertz CT molecular complexity index is 563. The van der Waals surface area contributed by atoms with Gasteiger partial charge in [0.15, 0.2) is 0 Å². The summed E-state index contributed by atoms with van der Waals surface area (Å²) in [5.74, 6) is -0.895. The molecule has 112 valence electrons. The highest BCUT2D eigenvalue weighted by molar-refractivity contribution is 5.88. The van der Waals surface area contributed by atoms with Crippen molar-refractivity contribution in [2.24, 2.45) is 5.41 Å². The Morgan fingerprint density at radius 1 is 1.33 bits per heavy atom. The zero-order valence-corrected chi connectivity index (χ0v) is 11.9. The van der Waals surface area contributed by atoms with E-state index < -0.39 is 5.97 Å². The van der Waals surface area contributed by atoms with Crippen molar-refractivity contribution in [2.75, 3.05) is 26.3 Å². The normalized spacial score (nSPS) is 24.7. The minimum absolute atomic E-state index is 0.0707. The van der Waals surface area contributed by atoms with Crippen molar-refractivity contribution in [1.82, 2.24) is 4.90 Å². The maximum absolute atomic E-state index is 12.4. The third kappa shape index (κ3) is 2.93. The first-order valence-corrected chi connectivity index (χ1v) is 7.26. The number of ether oxygens (including phenoxy) is 1. The Balaban J connectivity index is 1.64. The fraction of sp³-hybridized carbons (Fsp3) is 0.500. The Hall–Kier alpha value is -1.88. The third-order valence-corrected chi connectivity index (χ3v) is 4.51. The van der Waals surface area contributed by atoms with Crippen LogP contribution in [0.5, 0.6) is 0 Å². The first-order chi connectivity index (χ1) is 10.1. The fourth-order valence-electron chi connectivity index (χ4n) is 3.22. The van der Waals surface area contributed by atoms with Gasteiger partial charge in [-0.05, 0) is 30.5 Å². The van der Waals surface area contributed by atoms with Crippen LogP contribution in [-0.2, 0) is 16.0 Å². The standard InChI is InChI=1S/C16H19NO4/c18-14(9-12-2-1-3-13(8-12)15(19)20)17-6-4-16(10-17)5-7-21-11-16/h1-3,8H,4-7,9-11H2,(H,19,20). The molecule has 5 nitrogen and oxygen atoms in total. The quantitative estimate of drug-likeness (QED) is 0.917. The minimum atomic E-state index is -0.965. The smallest absolute Gasteiger partial charge is 0.335 e. The molecule has 3 rings (SSSR count). The van der Waals surface area contributed by atoms with E-state index in [1.54, 1.807) is 18.2 Å². The summed E-state index contributed by atoms with van der Waals surface area (Å²) in [7, 11) is 0. The Morgan fingerprint density at radius 2 is 2.19 bits per heavy atom. The number of hydrogen-bond acceptors (Lipinski definition) is 3. The van der Waals surface area contributed by atoms with Crippen molar-refractivity contribution >= 4 is 11.9 Å². The third-order valence-electron chi connectivity index (χ3n) is 4.51. The molecule has 2 fully saturated rings. The number of nitrogens with zero attached hydrogens (tertiary/aromatic N) is 1. The molecule has 0 aliphatic carbocycles. The van der Waals surface area contributed by atoms with Crippen LogP contribution in [0.25, 0.3) is 0 Å². The van der Waals surface area contributed by atoms with Gasteiger partial charge in [0.05, 0.1) is 18.6 Å². The van der Waals surface area contributed by atoms with E-state index >= 15 is 0 Å². The average molecular weight is 289 g/mol. The zero-order chi connectivity index (χ0) is 14.9. The van der Waals surface area contributed by atoms with E-state index in [4.69, 9.17) is 9.84 Å². The second kappa shape index (κ2) is 5.48. The number of carboxylic acid groups (broad SMARTS) is 1. The Kier molecular flexibility index (Phi) is 3.68. The van der Waals surface area contributed by atoms with Gasteiger partial charge in [0.1, 0.15) is 0 Å². The highest BCUT2D eigenvalue weighted by Crippen LogP contribution is 2.38. The molecular formula is C16H19NO4. The van der Waals surface area contributed by atoms with Gasteiger partial charge in [-0.2, -0.15) is 0 Å². The van der Waals surface area contributed by atoms with Crippen LogP contribution < -0.4 is 0 Å². The van der Waals surface area contributed by atoms with Gasteiger partial charge in [0, 0.05) is 25.1 Å². The monoisotopic (exact) mass is 289 g/mol. The van der Waals surface area contributed by atoms with Crippen molar-refractivity contribution in [2.45, 2.75) is 19.3 Å². The highest BCUT2D eigenvalue weighted by Gasteiger charge is 2.42. The summed E-state index contributed by atoms with van der Waals surface area (Å²) in [4.78, 5) is 25.2. The lowest BCUT2D eigenvalue weighted by atomic mass is 9.87. The van der Waals surface area contributed by atoms with Crippen LogP contribution in [0.4, 0.5) is 0 Å². The summed E-state index contributed by atoms with van der Waals surface area (Å²) in [6, 6.07) is 6.60. The second-order valence-corrected chi connectivity index (χ2v) is 6.05. The molecule has 2 aliphatic rings. The topological polar surface area (TPSA) is 66.8 Å². The summed E-state index contributed by atoms with van der Waals surface area (Å²) in [5.41, 5.74) is 1.14. The number of hydrogen-bond donors (Lipinski definition) is 1. The van der Waals surface area contributed by atoms with Crippen molar-refractivity contribution < 1.29 is 19.4 Å². The highest BCUT2D eigenvalue weighted by atomic mass is 16.5. The molecule has 2 saturated heterocycles. The molecule has 0 radical (unpaired) electrons. The van der Waals surface area contributed by atoms with Crippen LogP contribution in [0.3, 0.4) is 0 Å². The SMILES string of the molecule is O=C(O)c1cccc(CC(=O)N2CCC3(CCOC3)C2)c1. The van der Waals surface area contributed by atoms with E-state index in [0.29, 0.717) is 0 Å². The average Bonchev–Trinajstić information content (AvgIpc) is 3.10. The van der Waals surface area contributed by atoms with Crippen LogP contribution >= 0.6 is 0 Å². The van der Waals surface area contributed by atoms with Gasteiger partial charge in [-0.3, -0.25) is 4.79 Å². The summed E-state index contributed by atoms with van der Waals surface area (Å²) in [6.07, 6.45) is 2.30.